The molecule has 0 aromatic heterocycles. The summed E-state index contributed by atoms with van der Waals surface area (Å²) in [5, 5.41) is 0.682. The first-order chi connectivity index (χ1) is 7.63. The van der Waals surface area contributed by atoms with E-state index in [4.69, 9.17) is 22.1 Å². The van der Waals surface area contributed by atoms with Crippen LogP contribution < -0.4 is 5.73 Å². The van der Waals surface area contributed by atoms with Crippen molar-refractivity contribution in [1.29, 1.82) is 0 Å². The minimum atomic E-state index is -0.202. The van der Waals surface area contributed by atoms with E-state index in [9.17, 15) is 4.79 Å². The fourth-order valence-electron chi connectivity index (χ4n) is 1.38. The highest BCUT2D eigenvalue weighted by molar-refractivity contribution is 6.30. The van der Waals surface area contributed by atoms with Gasteiger partial charge < -0.3 is 10.5 Å². The topological polar surface area (TPSA) is 52.3 Å². The molecule has 16 heavy (non-hydrogen) atoms. The number of rotatable bonds is 5. The zero-order valence-corrected chi connectivity index (χ0v) is 10.0. The lowest BCUT2D eigenvalue weighted by Gasteiger charge is -2.11. The van der Waals surface area contributed by atoms with Crippen molar-refractivity contribution in [3.05, 3.63) is 34.9 Å². The zero-order valence-electron chi connectivity index (χ0n) is 9.28. The third-order valence-electron chi connectivity index (χ3n) is 2.26. The first-order valence-electron chi connectivity index (χ1n) is 5.30. The van der Waals surface area contributed by atoms with Gasteiger partial charge in [-0.25, -0.2) is 0 Å². The predicted molar refractivity (Wildman–Crippen MR) is 64.2 cm³/mol. The van der Waals surface area contributed by atoms with Crippen LogP contribution in [0.1, 0.15) is 31.4 Å². The van der Waals surface area contributed by atoms with Gasteiger partial charge in [-0.15, -0.1) is 0 Å². The molecule has 1 aromatic carbocycles. The van der Waals surface area contributed by atoms with Gasteiger partial charge in [0, 0.05) is 17.5 Å². The summed E-state index contributed by atoms with van der Waals surface area (Å²) in [5.41, 5.74) is 6.92. The Kier molecular flexibility index (Phi) is 5.29. The van der Waals surface area contributed by atoms with Crippen molar-refractivity contribution < 1.29 is 9.53 Å². The van der Waals surface area contributed by atoms with Gasteiger partial charge in [-0.2, -0.15) is 0 Å². The molecule has 0 radical (unpaired) electrons. The molecule has 0 amide bonds. The molecule has 1 aromatic rings. The molecule has 88 valence electrons. The van der Waals surface area contributed by atoms with Gasteiger partial charge in [-0.1, -0.05) is 23.7 Å². The second-order valence-electron chi connectivity index (χ2n) is 3.50. The van der Waals surface area contributed by atoms with E-state index >= 15 is 0 Å². The first kappa shape index (κ1) is 13.0. The minimum absolute atomic E-state index is 0.151. The monoisotopic (exact) mass is 241 g/mol. The van der Waals surface area contributed by atoms with Crippen LogP contribution in [0.5, 0.6) is 0 Å². The first-order valence-corrected chi connectivity index (χ1v) is 5.68. The molecule has 1 atom stereocenters. The highest BCUT2D eigenvalue weighted by atomic mass is 35.5. The van der Waals surface area contributed by atoms with Crippen molar-refractivity contribution in [3.63, 3.8) is 0 Å². The molecule has 0 heterocycles. The lowest BCUT2D eigenvalue weighted by molar-refractivity contribution is -0.143. The molecule has 0 saturated carbocycles. The lowest BCUT2D eigenvalue weighted by Crippen LogP contribution is -2.13. The summed E-state index contributed by atoms with van der Waals surface area (Å²) in [4.78, 5) is 11.1. The molecule has 0 spiro atoms. The SMILES string of the molecule is CCOC(=O)CCC(N)c1ccc(Cl)cc1. The molecule has 3 nitrogen and oxygen atoms in total. The number of halogens is 1. The normalized spacial score (nSPS) is 12.2. The molecule has 0 fully saturated rings. The molecule has 0 saturated heterocycles. The molecule has 1 unspecified atom stereocenters. The third-order valence-corrected chi connectivity index (χ3v) is 2.51. The van der Waals surface area contributed by atoms with Crippen LogP contribution >= 0.6 is 11.6 Å². The Morgan fingerprint density at radius 2 is 2.06 bits per heavy atom. The average Bonchev–Trinajstić information content (AvgIpc) is 2.27. The summed E-state index contributed by atoms with van der Waals surface area (Å²) in [7, 11) is 0. The Bertz CT molecular complexity index is 337. The Morgan fingerprint density at radius 1 is 1.44 bits per heavy atom. The van der Waals surface area contributed by atoms with E-state index in [1.165, 1.54) is 0 Å². The largest absolute Gasteiger partial charge is 0.466 e. The minimum Gasteiger partial charge on any atom is -0.466 e. The van der Waals surface area contributed by atoms with Crippen molar-refractivity contribution in [1.82, 2.24) is 0 Å². The summed E-state index contributed by atoms with van der Waals surface area (Å²) in [6, 6.07) is 7.18. The van der Waals surface area contributed by atoms with Gasteiger partial charge in [-0.3, -0.25) is 4.79 Å². The molecule has 0 aliphatic heterocycles. The van der Waals surface area contributed by atoms with E-state index in [0.29, 0.717) is 24.5 Å². The summed E-state index contributed by atoms with van der Waals surface area (Å²) < 4.78 is 4.83. The zero-order chi connectivity index (χ0) is 12.0. The molecular weight excluding hydrogens is 226 g/mol. The summed E-state index contributed by atoms with van der Waals surface area (Å²) in [5.74, 6) is -0.202. The predicted octanol–water partition coefficient (Wildman–Crippen LogP) is 2.68. The average molecular weight is 242 g/mol. The maximum absolute atomic E-state index is 11.1. The van der Waals surface area contributed by atoms with E-state index in [0.717, 1.165) is 5.56 Å². The number of carbonyl (C=O) groups excluding carboxylic acids is 1. The molecule has 0 bridgehead atoms. The fourth-order valence-corrected chi connectivity index (χ4v) is 1.51. The molecule has 2 N–H and O–H groups in total. The van der Waals surface area contributed by atoms with E-state index in [1.54, 1.807) is 19.1 Å². The highest BCUT2D eigenvalue weighted by Gasteiger charge is 2.09. The van der Waals surface area contributed by atoms with Crippen molar-refractivity contribution >= 4 is 17.6 Å². The van der Waals surface area contributed by atoms with Crippen LogP contribution in [-0.2, 0) is 9.53 Å². The summed E-state index contributed by atoms with van der Waals surface area (Å²) in [6.45, 7) is 2.20. The molecule has 4 heteroatoms. The van der Waals surface area contributed by atoms with Crippen LogP contribution in [0.2, 0.25) is 5.02 Å². The molecule has 0 aliphatic carbocycles. The standard InChI is InChI=1S/C12H16ClNO2/c1-2-16-12(15)8-7-11(14)9-3-5-10(13)6-4-9/h3-6,11H,2,7-8,14H2,1H3. The van der Waals surface area contributed by atoms with Crippen molar-refractivity contribution in [3.8, 4) is 0 Å². The number of hydrogen-bond acceptors (Lipinski definition) is 3. The number of esters is 1. The van der Waals surface area contributed by atoms with Gasteiger partial charge >= 0.3 is 5.97 Å². The second kappa shape index (κ2) is 6.51. The summed E-state index contributed by atoms with van der Waals surface area (Å²) >= 11 is 5.77. The van der Waals surface area contributed by atoms with Crippen molar-refractivity contribution in [2.75, 3.05) is 6.61 Å². The van der Waals surface area contributed by atoms with E-state index in [1.807, 2.05) is 12.1 Å². The van der Waals surface area contributed by atoms with Gasteiger partial charge in [-0.05, 0) is 31.0 Å². The smallest absolute Gasteiger partial charge is 0.305 e. The van der Waals surface area contributed by atoms with Crippen LogP contribution in [0.25, 0.3) is 0 Å². The molecule has 1 rings (SSSR count). The maximum Gasteiger partial charge on any atom is 0.305 e. The number of carbonyl (C=O) groups is 1. The van der Waals surface area contributed by atoms with Gasteiger partial charge in [0.25, 0.3) is 0 Å². The van der Waals surface area contributed by atoms with Gasteiger partial charge in [0.1, 0.15) is 0 Å². The van der Waals surface area contributed by atoms with Crippen LogP contribution in [0, 0.1) is 0 Å². The van der Waals surface area contributed by atoms with Crippen LogP contribution in [0.3, 0.4) is 0 Å². The highest BCUT2D eigenvalue weighted by Crippen LogP contribution is 2.18. The van der Waals surface area contributed by atoms with Gasteiger partial charge in [0.2, 0.25) is 0 Å². The van der Waals surface area contributed by atoms with E-state index in [-0.39, 0.29) is 12.0 Å². The fraction of sp³-hybridized carbons (Fsp3) is 0.417. The van der Waals surface area contributed by atoms with Crippen molar-refractivity contribution in [2.24, 2.45) is 5.73 Å². The Balaban J connectivity index is 2.43. The Hall–Kier alpha value is -1.06. The quantitative estimate of drug-likeness (QED) is 0.807. The van der Waals surface area contributed by atoms with Crippen LogP contribution in [0.15, 0.2) is 24.3 Å². The number of ether oxygens (including phenoxy) is 1. The Labute approximate surface area is 101 Å². The molecular formula is C12H16ClNO2. The third kappa shape index (κ3) is 4.21. The second-order valence-corrected chi connectivity index (χ2v) is 3.94. The number of hydrogen-bond donors (Lipinski definition) is 1. The van der Waals surface area contributed by atoms with Crippen LogP contribution in [0.4, 0.5) is 0 Å². The number of nitrogens with two attached hydrogens (primary N) is 1. The van der Waals surface area contributed by atoms with Gasteiger partial charge in [0.15, 0.2) is 0 Å². The van der Waals surface area contributed by atoms with Crippen molar-refractivity contribution in [2.45, 2.75) is 25.8 Å². The Morgan fingerprint density at radius 3 is 2.62 bits per heavy atom. The molecule has 0 aliphatic rings. The summed E-state index contributed by atoms with van der Waals surface area (Å²) in [6.07, 6.45) is 0.929. The van der Waals surface area contributed by atoms with E-state index < -0.39 is 0 Å². The lowest BCUT2D eigenvalue weighted by atomic mass is 10.0. The van der Waals surface area contributed by atoms with Crippen LogP contribution in [-0.4, -0.2) is 12.6 Å². The number of benzene rings is 1. The maximum atomic E-state index is 11.1. The van der Waals surface area contributed by atoms with E-state index in [2.05, 4.69) is 0 Å². The van der Waals surface area contributed by atoms with Gasteiger partial charge in [0.05, 0.1) is 6.61 Å².